The zero-order chi connectivity index (χ0) is 21.1. The Labute approximate surface area is 170 Å². The molecule has 0 atom stereocenters. The van der Waals surface area contributed by atoms with E-state index in [1.165, 1.54) is 22.8 Å². The highest BCUT2D eigenvalue weighted by Gasteiger charge is 2.20. The van der Waals surface area contributed by atoms with E-state index in [4.69, 9.17) is 14.6 Å². The van der Waals surface area contributed by atoms with E-state index >= 15 is 0 Å². The van der Waals surface area contributed by atoms with Crippen molar-refractivity contribution in [3.8, 4) is 11.5 Å². The van der Waals surface area contributed by atoms with E-state index < -0.39 is 11.7 Å². The van der Waals surface area contributed by atoms with Crippen molar-refractivity contribution < 1.29 is 23.8 Å². The lowest BCUT2D eigenvalue weighted by molar-refractivity contribution is 0.0931. The summed E-state index contributed by atoms with van der Waals surface area (Å²) < 4.78 is 26.6. The maximum atomic E-state index is 14.0. The third-order valence-corrected chi connectivity index (χ3v) is 4.28. The Kier molecular flexibility index (Phi) is 5.50. The minimum absolute atomic E-state index is 0.130. The van der Waals surface area contributed by atoms with Gasteiger partial charge in [-0.2, -0.15) is 9.61 Å². The van der Waals surface area contributed by atoms with Crippen molar-refractivity contribution in [3.05, 3.63) is 35.8 Å². The number of nitrogens with one attached hydrogen (secondary N) is 4. The summed E-state index contributed by atoms with van der Waals surface area (Å²) in [5.74, 6) is 0.619. The number of aliphatic hydroxyl groups is 1. The number of anilines is 3. The predicted octanol–water partition coefficient (Wildman–Crippen LogP) is 0.652. The summed E-state index contributed by atoms with van der Waals surface area (Å²) in [6.07, 6.45) is 1.38. The molecule has 158 valence electrons. The van der Waals surface area contributed by atoms with E-state index in [-0.39, 0.29) is 24.4 Å². The minimum Gasteiger partial charge on any atom is -0.486 e. The normalized spacial score (nSPS) is 12.6. The number of aromatic nitrogens is 3. The molecule has 1 aromatic carbocycles. The first kappa shape index (κ1) is 19.7. The Balaban J connectivity index is 1.71. The third kappa shape index (κ3) is 3.77. The average molecular weight is 417 g/mol. The van der Waals surface area contributed by atoms with Crippen LogP contribution in [0.25, 0.3) is 5.65 Å². The number of carbonyl (C=O) groups excluding carboxylic acids is 1. The molecule has 1 amide bonds. The van der Waals surface area contributed by atoms with Crippen molar-refractivity contribution in [2.24, 2.45) is 0 Å². The second kappa shape index (κ2) is 8.39. The van der Waals surface area contributed by atoms with Crippen LogP contribution in [-0.2, 0) is 0 Å². The van der Waals surface area contributed by atoms with Crippen molar-refractivity contribution in [2.75, 3.05) is 44.0 Å². The van der Waals surface area contributed by atoms with Gasteiger partial charge in [-0.3, -0.25) is 10.2 Å². The fraction of sp³-hybridized carbons (Fsp3) is 0.278. The summed E-state index contributed by atoms with van der Waals surface area (Å²) in [6, 6.07) is 4.20. The maximum absolute atomic E-state index is 14.0. The van der Waals surface area contributed by atoms with Crippen LogP contribution in [0.15, 0.2) is 24.4 Å². The van der Waals surface area contributed by atoms with Gasteiger partial charge in [0.15, 0.2) is 17.1 Å². The molecule has 4 rings (SSSR count). The lowest BCUT2D eigenvalue weighted by Gasteiger charge is -2.21. The molecule has 0 aliphatic carbocycles. The monoisotopic (exact) mass is 417 g/mol. The number of nitrogens with zero attached hydrogens (tertiary/aromatic N) is 3. The third-order valence-electron chi connectivity index (χ3n) is 4.28. The SMILES string of the molecule is CNc1cc(Nc2cc(F)cc3c2OCCO3)nc2c(C(=O)NNCCO)cnn12. The summed E-state index contributed by atoms with van der Waals surface area (Å²) in [7, 11) is 1.70. The molecule has 0 fully saturated rings. The van der Waals surface area contributed by atoms with Crippen LogP contribution in [0.1, 0.15) is 10.4 Å². The quantitative estimate of drug-likeness (QED) is 0.277. The first-order chi connectivity index (χ1) is 14.6. The largest absolute Gasteiger partial charge is 0.486 e. The Bertz CT molecular complexity index is 1090. The van der Waals surface area contributed by atoms with Crippen LogP contribution in [0.2, 0.25) is 0 Å². The molecule has 2 aromatic heterocycles. The Morgan fingerprint density at radius 3 is 2.93 bits per heavy atom. The van der Waals surface area contributed by atoms with Crippen LogP contribution in [0.4, 0.5) is 21.7 Å². The van der Waals surface area contributed by atoms with E-state index in [0.717, 1.165) is 0 Å². The Morgan fingerprint density at radius 1 is 1.30 bits per heavy atom. The smallest absolute Gasteiger partial charge is 0.270 e. The lowest BCUT2D eigenvalue weighted by Crippen LogP contribution is -2.39. The maximum Gasteiger partial charge on any atom is 0.270 e. The van der Waals surface area contributed by atoms with Gasteiger partial charge in [0, 0.05) is 31.8 Å². The molecule has 3 aromatic rings. The Morgan fingerprint density at radius 2 is 2.13 bits per heavy atom. The lowest BCUT2D eigenvalue weighted by atomic mass is 10.2. The van der Waals surface area contributed by atoms with Gasteiger partial charge in [-0.05, 0) is 0 Å². The summed E-state index contributed by atoms with van der Waals surface area (Å²) in [4.78, 5) is 16.9. The van der Waals surface area contributed by atoms with Crippen molar-refractivity contribution in [2.45, 2.75) is 0 Å². The number of hydrogen-bond acceptors (Lipinski definition) is 9. The molecule has 0 radical (unpaired) electrons. The fourth-order valence-corrected chi connectivity index (χ4v) is 2.98. The molecule has 1 aliphatic heterocycles. The molecule has 0 saturated carbocycles. The highest BCUT2D eigenvalue weighted by Crippen LogP contribution is 2.39. The number of amides is 1. The van der Waals surface area contributed by atoms with Gasteiger partial charge in [-0.15, -0.1) is 0 Å². The van der Waals surface area contributed by atoms with Gasteiger partial charge < -0.3 is 25.2 Å². The van der Waals surface area contributed by atoms with E-state index in [9.17, 15) is 9.18 Å². The molecule has 5 N–H and O–H groups in total. The van der Waals surface area contributed by atoms with Gasteiger partial charge in [-0.25, -0.2) is 14.8 Å². The number of benzene rings is 1. The second-order valence-corrected chi connectivity index (χ2v) is 6.28. The standard InChI is InChI=1S/C18H20FN7O4/c1-20-15-8-14(23-12-6-10(19)7-13-16(12)30-5-4-29-13)24-17-11(9-22-26(15)17)18(28)25-21-2-3-27/h6-9,20-21,27H,2-5H2,1H3,(H,23,24)(H,25,28). The summed E-state index contributed by atoms with van der Waals surface area (Å²) in [5.41, 5.74) is 5.89. The molecule has 0 spiro atoms. The van der Waals surface area contributed by atoms with Gasteiger partial charge in [0.1, 0.15) is 36.2 Å². The molecular weight excluding hydrogens is 397 g/mol. The number of halogens is 1. The summed E-state index contributed by atoms with van der Waals surface area (Å²) in [5, 5.41) is 19.0. The van der Waals surface area contributed by atoms with Crippen LogP contribution in [0, 0.1) is 5.82 Å². The summed E-state index contributed by atoms with van der Waals surface area (Å²) in [6.45, 7) is 0.743. The minimum atomic E-state index is -0.490. The molecular formula is C18H20FN7O4. The fourth-order valence-electron chi connectivity index (χ4n) is 2.98. The van der Waals surface area contributed by atoms with E-state index in [0.29, 0.717) is 42.0 Å². The number of ether oxygens (including phenoxy) is 2. The van der Waals surface area contributed by atoms with Crippen LogP contribution >= 0.6 is 0 Å². The number of aliphatic hydroxyl groups excluding tert-OH is 1. The number of fused-ring (bicyclic) bond motifs is 2. The summed E-state index contributed by atoms with van der Waals surface area (Å²) >= 11 is 0. The first-order valence-corrected chi connectivity index (χ1v) is 9.17. The number of carbonyl (C=O) groups is 1. The van der Waals surface area contributed by atoms with Crippen LogP contribution in [0.3, 0.4) is 0 Å². The number of rotatable bonds is 7. The van der Waals surface area contributed by atoms with Gasteiger partial charge in [-0.1, -0.05) is 0 Å². The Hall–Kier alpha value is -3.64. The van der Waals surface area contributed by atoms with Crippen molar-refractivity contribution in [1.29, 1.82) is 0 Å². The van der Waals surface area contributed by atoms with Gasteiger partial charge >= 0.3 is 0 Å². The average Bonchev–Trinajstić information content (AvgIpc) is 3.17. The molecule has 1 aliphatic rings. The molecule has 3 heterocycles. The second-order valence-electron chi connectivity index (χ2n) is 6.28. The van der Waals surface area contributed by atoms with Crippen molar-refractivity contribution >= 4 is 28.9 Å². The number of hydrazine groups is 1. The molecule has 11 nitrogen and oxygen atoms in total. The van der Waals surface area contributed by atoms with E-state index in [2.05, 4.69) is 31.6 Å². The van der Waals surface area contributed by atoms with Crippen LogP contribution in [0.5, 0.6) is 11.5 Å². The predicted molar refractivity (Wildman–Crippen MR) is 106 cm³/mol. The van der Waals surface area contributed by atoms with Crippen molar-refractivity contribution in [1.82, 2.24) is 25.4 Å². The van der Waals surface area contributed by atoms with Crippen LogP contribution in [-0.4, -0.2) is 59.0 Å². The molecule has 30 heavy (non-hydrogen) atoms. The topological polar surface area (TPSA) is 134 Å². The zero-order valence-corrected chi connectivity index (χ0v) is 16.0. The molecule has 0 bridgehead atoms. The zero-order valence-electron chi connectivity index (χ0n) is 16.0. The van der Waals surface area contributed by atoms with Crippen molar-refractivity contribution in [3.63, 3.8) is 0 Å². The van der Waals surface area contributed by atoms with Crippen LogP contribution < -0.4 is 31.0 Å². The van der Waals surface area contributed by atoms with Gasteiger partial charge in [0.2, 0.25) is 0 Å². The highest BCUT2D eigenvalue weighted by atomic mass is 19.1. The van der Waals surface area contributed by atoms with E-state index in [1.54, 1.807) is 13.1 Å². The molecule has 0 unspecified atom stereocenters. The van der Waals surface area contributed by atoms with Gasteiger partial charge in [0.25, 0.3) is 5.91 Å². The molecule has 12 heteroatoms. The van der Waals surface area contributed by atoms with E-state index in [1.807, 2.05) is 0 Å². The first-order valence-electron chi connectivity index (χ1n) is 9.17. The molecule has 0 saturated heterocycles. The highest BCUT2D eigenvalue weighted by molar-refractivity contribution is 5.99. The number of hydrogen-bond donors (Lipinski definition) is 5. The van der Waals surface area contributed by atoms with Gasteiger partial charge in [0.05, 0.1) is 18.5 Å².